The monoisotopic (exact) mass is 509 g/mol. The number of nitrogens with one attached hydrogen (secondary N) is 1. The molecule has 0 bridgehead atoms. The van der Waals surface area contributed by atoms with Crippen LogP contribution < -0.4 is 15.8 Å². The van der Waals surface area contributed by atoms with Crippen molar-refractivity contribution < 1.29 is 9.53 Å². The number of carbonyl (C=O) groups excluding carboxylic acids is 1. The van der Waals surface area contributed by atoms with Crippen molar-refractivity contribution in [3.05, 3.63) is 73.1 Å². The minimum atomic E-state index is 0.00619. The highest BCUT2D eigenvalue weighted by Crippen LogP contribution is 2.35. The molecule has 194 valence electrons. The Morgan fingerprint density at radius 2 is 1.84 bits per heavy atom. The number of ether oxygens (including phenoxy) is 1. The van der Waals surface area contributed by atoms with E-state index >= 15 is 0 Å². The van der Waals surface area contributed by atoms with Crippen molar-refractivity contribution in [2.45, 2.75) is 37.8 Å². The van der Waals surface area contributed by atoms with Gasteiger partial charge in [-0.05, 0) is 55.7 Å². The fraction of sp³-hybridized carbons (Fsp3) is 0.310. The molecule has 6 rings (SSSR count). The Balaban J connectivity index is 1.20. The largest absolute Gasteiger partial charge is 0.457 e. The van der Waals surface area contributed by atoms with Gasteiger partial charge in [0.1, 0.15) is 29.3 Å². The van der Waals surface area contributed by atoms with E-state index in [0.29, 0.717) is 30.6 Å². The number of nitrogens with two attached hydrogens (primary N) is 1. The maximum Gasteiger partial charge on any atom is 0.246 e. The molecule has 0 unspecified atom stereocenters. The van der Waals surface area contributed by atoms with Gasteiger partial charge in [0.2, 0.25) is 5.91 Å². The maximum atomic E-state index is 12.8. The molecule has 0 radical (unpaired) electrons. The van der Waals surface area contributed by atoms with Crippen LogP contribution in [0.1, 0.15) is 31.7 Å². The third-order valence-corrected chi connectivity index (χ3v) is 7.34. The lowest BCUT2D eigenvalue weighted by Crippen LogP contribution is -2.35. The Labute approximate surface area is 221 Å². The molecule has 9 nitrogen and oxygen atoms in total. The van der Waals surface area contributed by atoms with Crippen molar-refractivity contribution in [2.75, 3.05) is 25.4 Å². The highest BCUT2D eigenvalue weighted by atomic mass is 16.5. The molecule has 4 aromatic rings. The number of likely N-dealkylation sites (tertiary alicyclic amines) is 1. The van der Waals surface area contributed by atoms with Crippen molar-refractivity contribution >= 4 is 22.8 Å². The first kappa shape index (κ1) is 24.1. The van der Waals surface area contributed by atoms with Gasteiger partial charge >= 0.3 is 0 Å². The second kappa shape index (κ2) is 10.6. The van der Waals surface area contributed by atoms with Gasteiger partial charge in [-0.2, -0.15) is 5.10 Å². The van der Waals surface area contributed by atoms with Crippen LogP contribution in [0, 0.1) is 0 Å². The summed E-state index contributed by atoms with van der Waals surface area (Å²) >= 11 is 0. The van der Waals surface area contributed by atoms with Crippen LogP contribution >= 0.6 is 0 Å². The fourth-order valence-electron chi connectivity index (χ4n) is 5.01. The van der Waals surface area contributed by atoms with E-state index in [4.69, 9.17) is 15.6 Å². The second-order valence-electron chi connectivity index (χ2n) is 9.86. The van der Waals surface area contributed by atoms with Gasteiger partial charge in [-0.3, -0.25) is 4.79 Å². The van der Waals surface area contributed by atoms with E-state index in [1.54, 1.807) is 6.08 Å². The number of para-hydroxylation sites is 1. The number of anilines is 1. The summed E-state index contributed by atoms with van der Waals surface area (Å²) in [5, 5.41) is 9.12. The summed E-state index contributed by atoms with van der Waals surface area (Å²) in [6.07, 6.45) is 9.62. The first-order chi connectivity index (χ1) is 18.7. The zero-order chi connectivity index (χ0) is 25.9. The number of carbonyl (C=O) groups is 1. The molecule has 3 N–H and O–H groups in total. The molecular weight excluding hydrogens is 478 g/mol. The van der Waals surface area contributed by atoms with Crippen molar-refractivity contribution in [3.63, 3.8) is 0 Å². The fourth-order valence-corrected chi connectivity index (χ4v) is 5.01. The standard InChI is InChI=1S/C29H31N7O2/c30-28-26-27(20-11-13-24(14-12-20)38-23-8-2-1-3-9-23)34-36(29(26)33-19-32-28)22-15-17-35(18-22)25(37)10-5-16-31-21-6-4-7-21/h1-3,5,8-14,19,21-22,31H,4,6-7,15-18H2,(H2,30,32,33)/t22-/m1/s1. The second-order valence-corrected chi connectivity index (χ2v) is 9.86. The van der Waals surface area contributed by atoms with Gasteiger partial charge in [0, 0.05) is 37.3 Å². The number of benzene rings is 2. The summed E-state index contributed by atoms with van der Waals surface area (Å²) in [4.78, 5) is 23.4. The minimum absolute atomic E-state index is 0.00619. The van der Waals surface area contributed by atoms with E-state index in [0.717, 1.165) is 41.1 Å². The summed E-state index contributed by atoms with van der Waals surface area (Å²) < 4.78 is 7.84. The van der Waals surface area contributed by atoms with Crippen LogP contribution in [0.25, 0.3) is 22.3 Å². The van der Waals surface area contributed by atoms with Gasteiger partial charge in [-0.1, -0.05) is 30.7 Å². The Bertz CT molecular complexity index is 1450. The first-order valence-electron chi connectivity index (χ1n) is 13.2. The maximum absolute atomic E-state index is 12.8. The molecule has 3 heterocycles. The predicted molar refractivity (Wildman–Crippen MR) is 147 cm³/mol. The molecule has 1 aliphatic heterocycles. The van der Waals surface area contributed by atoms with E-state index in [1.165, 1.54) is 25.6 Å². The van der Waals surface area contributed by atoms with E-state index < -0.39 is 0 Å². The summed E-state index contributed by atoms with van der Waals surface area (Å²) in [6.45, 7) is 1.97. The molecule has 2 aromatic carbocycles. The number of amides is 1. The molecule has 9 heteroatoms. The average molecular weight is 510 g/mol. The van der Waals surface area contributed by atoms with Gasteiger partial charge in [0.25, 0.3) is 0 Å². The van der Waals surface area contributed by atoms with Crippen LogP contribution in [-0.4, -0.2) is 56.2 Å². The first-order valence-corrected chi connectivity index (χ1v) is 13.2. The molecule has 2 fully saturated rings. The van der Waals surface area contributed by atoms with Crippen molar-refractivity contribution in [3.8, 4) is 22.8 Å². The number of nitrogen functional groups attached to an aromatic ring is 1. The third kappa shape index (κ3) is 4.97. The number of aromatic nitrogens is 4. The van der Waals surface area contributed by atoms with Gasteiger partial charge in [-0.25, -0.2) is 14.6 Å². The molecule has 1 saturated heterocycles. The third-order valence-electron chi connectivity index (χ3n) is 7.34. The van der Waals surface area contributed by atoms with Gasteiger partial charge in [-0.15, -0.1) is 0 Å². The molecule has 2 aromatic heterocycles. The molecule has 0 spiro atoms. The van der Waals surface area contributed by atoms with E-state index in [1.807, 2.05) is 70.3 Å². The predicted octanol–water partition coefficient (Wildman–Crippen LogP) is 4.34. The number of hydrogen-bond donors (Lipinski definition) is 2. The van der Waals surface area contributed by atoms with Gasteiger partial charge in [0.15, 0.2) is 5.65 Å². The highest BCUT2D eigenvalue weighted by molar-refractivity contribution is 5.98. The smallest absolute Gasteiger partial charge is 0.246 e. The van der Waals surface area contributed by atoms with Crippen LogP contribution in [0.3, 0.4) is 0 Å². The summed E-state index contributed by atoms with van der Waals surface area (Å²) in [7, 11) is 0. The van der Waals surface area contributed by atoms with E-state index in [2.05, 4.69) is 15.3 Å². The minimum Gasteiger partial charge on any atom is -0.457 e. The average Bonchev–Trinajstić information content (AvgIpc) is 3.55. The normalized spacial score (nSPS) is 17.8. The zero-order valence-corrected chi connectivity index (χ0v) is 21.2. The number of hydrogen-bond acceptors (Lipinski definition) is 7. The summed E-state index contributed by atoms with van der Waals surface area (Å²) in [5.41, 5.74) is 8.60. The van der Waals surface area contributed by atoms with E-state index in [-0.39, 0.29) is 11.9 Å². The molecule has 1 atom stereocenters. The molecule has 1 amide bonds. The Morgan fingerprint density at radius 1 is 1.05 bits per heavy atom. The van der Waals surface area contributed by atoms with Crippen LogP contribution in [0.5, 0.6) is 11.5 Å². The lowest BCUT2D eigenvalue weighted by molar-refractivity contribution is -0.125. The Morgan fingerprint density at radius 3 is 2.61 bits per heavy atom. The highest BCUT2D eigenvalue weighted by Gasteiger charge is 2.30. The number of rotatable bonds is 8. The van der Waals surface area contributed by atoms with Crippen LogP contribution in [-0.2, 0) is 4.79 Å². The van der Waals surface area contributed by atoms with E-state index in [9.17, 15) is 4.79 Å². The number of fused-ring (bicyclic) bond motifs is 1. The lowest BCUT2D eigenvalue weighted by Gasteiger charge is -2.25. The summed E-state index contributed by atoms with van der Waals surface area (Å²) in [5.74, 6) is 1.92. The zero-order valence-electron chi connectivity index (χ0n) is 21.2. The van der Waals surface area contributed by atoms with Crippen LogP contribution in [0.15, 0.2) is 73.1 Å². The number of nitrogens with zero attached hydrogens (tertiary/aromatic N) is 5. The lowest BCUT2D eigenvalue weighted by atomic mass is 9.93. The van der Waals surface area contributed by atoms with Crippen molar-refractivity contribution in [1.82, 2.24) is 30.0 Å². The molecular formula is C29H31N7O2. The quantitative estimate of drug-likeness (QED) is 0.340. The molecule has 1 saturated carbocycles. The Hall–Kier alpha value is -4.24. The molecule has 38 heavy (non-hydrogen) atoms. The van der Waals surface area contributed by atoms with Crippen LogP contribution in [0.2, 0.25) is 0 Å². The summed E-state index contributed by atoms with van der Waals surface area (Å²) in [6, 6.07) is 18.0. The van der Waals surface area contributed by atoms with Gasteiger partial charge < -0.3 is 20.7 Å². The molecule has 1 aliphatic carbocycles. The SMILES string of the molecule is Nc1ncnc2c1c(-c1ccc(Oc3ccccc3)cc1)nn2[C@@H]1CCN(C(=O)C=CCNC2CCC2)C1. The molecule has 2 aliphatic rings. The van der Waals surface area contributed by atoms with Crippen LogP contribution in [0.4, 0.5) is 5.82 Å². The van der Waals surface area contributed by atoms with Gasteiger partial charge in [0.05, 0.1) is 11.4 Å². The van der Waals surface area contributed by atoms with Crippen molar-refractivity contribution in [2.24, 2.45) is 0 Å². The topological polar surface area (TPSA) is 111 Å². The Kier molecular flexibility index (Phi) is 6.75. The van der Waals surface area contributed by atoms with Crippen molar-refractivity contribution in [1.29, 1.82) is 0 Å².